The average molecular weight is 394 g/mol. The van der Waals surface area contributed by atoms with Crippen LogP contribution in [0.1, 0.15) is 15.9 Å². The Hall–Kier alpha value is -3.89. The number of hydrogen-bond donors (Lipinski definition) is 1. The summed E-state index contributed by atoms with van der Waals surface area (Å²) in [6.45, 7) is 0. The summed E-state index contributed by atoms with van der Waals surface area (Å²) in [4.78, 5) is 22.9. The van der Waals surface area contributed by atoms with Gasteiger partial charge in [-0.05, 0) is 54.6 Å². The van der Waals surface area contributed by atoms with E-state index in [9.17, 15) is 14.9 Å². The Bertz CT molecular complexity index is 1090. The van der Waals surface area contributed by atoms with Crippen molar-refractivity contribution in [2.24, 2.45) is 0 Å². The number of hydrogen-bond acceptors (Lipinski definition) is 5. The number of nitriles is 1. The standard InChI is InChI=1S/C20H12ClN3O4/c21-14-4-9-19(24(26)27)18(11-14)20(25)23-15-5-7-16(8-6-15)28-17-3-1-2-13(10-17)12-22/h1-11H,(H,23,25). The summed E-state index contributed by atoms with van der Waals surface area (Å²) < 4.78 is 5.66. The molecule has 3 rings (SSSR count). The molecule has 3 aromatic carbocycles. The quantitative estimate of drug-likeness (QED) is 0.475. The van der Waals surface area contributed by atoms with Gasteiger partial charge in [-0.3, -0.25) is 14.9 Å². The maximum Gasteiger partial charge on any atom is 0.282 e. The number of benzene rings is 3. The van der Waals surface area contributed by atoms with Crippen molar-refractivity contribution >= 4 is 28.9 Å². The van der Waals surface area contributed by atoms with Crippen molar-refractivity contribution in [1.29, 1.82) is 5.26 Å². The van der Waals surface area contributed by atoms with Crippen LogP contribution in [0.4, 0.5) is 11.4 Å². The van der Waals surface area contributed by atoms with Crippen molar-refractivity contribution in [3.05, 3.63) is 93.0 Å². The first kappa shape index (κ1) is 18.9. The number of nitro groups is 1. The number of nitro benzene ring substituents is 1. The zero-order valence-corrected chi connectivity index (χ0v) is 15.0. The van der Waals surface area contributed by atoms with Gasteiger partial charge in [-0.15, -0.1) is 0 Å². The fourth-order valence-corrected chi connectivity index (χ4v) is 2.59. The third-order valence-electron chi connectivity index (χ3n) is 3.71. The van der Waals surface area contributed by atoms with Gasteiger partial charge < -0.3 is 10.1 Å². The Balaban J connectivity index is 1.74. The molecule has 0 saturated heterocycles. The molecule has 0 aromatic heterocycles. The van der Waals surface area contributed by atoms with Crippen LogP contribution in [0.5, 0.6) is 11.5 Å². The molecule has 8 heteroatoms. The maximum absolute atomic E-state index is 12.4. The smallest absolute Gasteiger partial charge is 0.282 e. The van der Waals surface area contributed by atoms with Gasteiger partial charge in [0.25, 0.3) is 11.6 Å². The van der Waals surface area contributed by atoms with Gasteiger partial charge in [-0.25, -0.2) is 0 Å². The molecule has 0 atom stereocenters. The first-order valence-corrected chi connectivity index (χ1v) is 8.37. The van der Waals surface area contributed by atoms with Crippen LogP contribution in [-0.4, -0.2) is 10.8 Å². The number of carbonyl (C=O) groups is 1. The van der Waals surface area contributed by atoms with Crippen LogP contribution in [0.15, 0.2) is 66.7 Å². The molecule has 0 heterocycles. The molecule has 0 aliphatic carbocycles. The number of nitrogens with zero attached hydrogens (tertiary/aromatic N) is 2. The largest absolute Gasteiger partial charge is 0.457 e. The van der Waals surface area contributed by atoms with E-state index >= 15 is 0 Å². The number of nitrogens with one attached hydrogen (secondary N) is 1. The summed E-state index contributed by atoms with van der Waals surface area (Å²) in [7, 11) is 0. The van der Waals surface area contributed by atoms with Crippen LogP contribution >= 0.6 is 11.6 Å². The third-order valence-corrected chi connectivity index (χ3v) is 3.95. The van der Waals surface area contributed by atoms with E-state index in [1.54, 1.807) is 48.5 Å². The third kappa shape index (κ3) is 4.44. The molecular formula is C20H12ClN3O4. The highest BCUT2D eigenvalue weighted by Gasteiger charge is 2.20. The highest BCUT2D eigenvalue weighted by Crippen LogP contribution is 2.26. The molecule has 0 bridgehead atoms. The van der Waals surface area contributed by atoms with Gasteiger partial charge in [0.2, 0.25) is 0 Å². The zero-order chi connectivity index (χ0) is 20.1. The van der Waals surface area contributed by atoms with Gasteiger partial charge in [-0.2, -0.15) is 5.26 Å². The Morgan fingerprint density at radius 3 is 2.50 bits per heavy atom. The molecule has 0 saturated carbocycles. The van der Waals surface area contributed by atoms with Crippen LogP contribution in [0.3, 0.4) is 0 Å². The second-order valence-corrected chi connectivity index (χ2v) is 6.08. The lowest BCUT2D eigenvalue weighted by atomic mass is 10.1. The monoisotopic (exact) mass is 393 g/mol. The SMILES string of the molecule is N#Cc1cccc(Oc2ccc(NC(=O)c3cc(Cl)ccc3[N+](=O)[O-])cc2)c1. The summed E-state index contributed by atoms with van der Waals surface area (Å²) in [5, 5.41) is 22.8. The van der Waals surface area contributed by atoms with Gasteiger partial charge in [-0.1, -0.05) is 17.7 Å². The lowest BCUT2D eigenvalue weighted by Crippen LogP contribution is -2.13. The van der Waals surface area contributed by atoms with Crippen molar-refractivity contribution in [3.8, 4) is 17.6 Å². The summed E-state index contributed by atoms with van der Waals surface area (Å²) in [6.07, 6.45) is 0. The minimum Gasteiger partial charge on any atom is -0.457 e. The molecule has 0 aliphatic rings. The molecule has 28 heavy (non-hydrogen) atoms. The van der Waals surface area contributed by atoms with Crippen LogP contribution < -0.4 is 10.1 Å². The topological polar surface area (TPSA) is 105 Å². The molecule has 1 N–H and O–H groups in total. The van der Waals surface area contributed by atoms with Crippen molar-refractivity contribution < 1.29 is 14.5 Å². The molecule has 3 aromatic rings. The molecule has 0 spiro atoms. The van der Waals surface area contributed by atoms with Crippen LogP contribution in [-0.2, 0) is 0 Å². The highest BCUT2D eigenvalue weighted by atomic mass is 35.5. The first-order chi connectivity index (χ1) is 13.5. The van der Waals surface area contributed by atoms with Crippen molar-refractivity contribution in [2.75, 3.05) is 5.32 Å². The van der Waals surface area contributed by atoms with E-state index in [1.165, 1.54) is 18.2 Å². The van der Waals surface area contributed by atoms with Crippen LogP contribution in [0, 0.1) is 21.4 Å². The summed E-state index contributed by atoms with van der Waals surface area (Å²) in [6, 6.07) is 19.0. The van der Waals surface area contributed by atoms with Gasteiger partial charge >= 0.3 is 0 Å². The van der Waals surface area contributed by atoms with E-state index < -0.39 is 10.8 Å². The molecule has 0 unspecified atom stereocenters. The van der Waals surface area contributed by atoms with Crippen molar-refractivity contribution in [1.82, 2.24) is 0 Å². The highest BCUT2D eigenvalue weighted by molar-refractivity contribution is 6.31. The molecule has 7 nitrogen and oxygen atoms in total. The molecule has 0 aliphatic heterocycles. The number of ether oxygens (including phenoxy) is 1. The maximum atomic E-state index is 12.4. The minimum absolute atomic E-state index is 0.133. The van der Waals surface area contributed by atoms with Crippen LogP contribution in [0.25, 0.3) is 0 Å². The van der Waals surface area contributed by atoms with Crippen molar-refractivity contribution in [2.45, 2.75) is 0 Å². The predicted molar refractivity (Wildman–Crippen MR) is 104 cm³/mol. The van der Waals surface area contributed by atoms with Gasteiger partial charge in [0.1, 0.15) is 17.1 Å². The Morgan fingerprint density at radius 1 is 1.07 bits per heavy atom. The summed E-state index contributed by atoms with van der Waals surface area (Å²) in [5.74, 6) is 0.358. The lowest BCUT2D eigenvalue weighted by Gasteiger charge is -2.09. The Kier molecular flexibility index (Phi) is 5.53. The Morgan fingerprint density at radius 2 is 1.82 bits per heavy atom. The normalized spacial score (nSPS) is 10.0. The Labute approximate surface area is 164 Å². The van der Waals surface area contributed by atoms with E-state index in [0.29, 0.717) is 22.7 Å². The number of carbonyl (C=O) groups excluding carboxylic acids is 1. The van der Waals surface area contributed by atoms with E-state index in [0.717, 1.165) is 0 Å². The van der Waals surface area contributed by atoms with Crippen molar-refractivity contribution in [3.63, 3.8) is 0 Å². The zero-order valence-electron chi connectivity index (χ0n) is 14.3. The second-order valence-electron chi connectivity index (χ2n) is 5.64. The van der Waals surface area contributed by atoms with E-state index in [2.05, 4.69) is 5.32 Å². The van der Waals surface area contributed by atoms with E-state index in [4.69, 9.17) is 21.6 Å². The number of anilines is 1. The summed E-state index contributed by atoms with van der Waals surface area (Å²) >= 11 is 5.85. The number of halogens is 1. The lowest BCUT2D eigenvalue weighted by molar-refractivity contribution is -0.385. The molecule has 138 valence electrons. The number of amides is 1. The van der Waals surface area contributed by atoms with Gasteiger partial charge in [0, 0.05) is 16.8 Å². The van der Waals surface area contributed by atoms with E-state index in [1.807, 2.05) is 6.07 Å². The fraction of sp³-hybridized carbons (Fsp3) is 0. The van der Waals surface area contributed by atoms with Crippen LogP contribution in [0.2, 0.25) is 5.02 Å². The fourth-order valence-electron chi connectivity index (χ4n) is 2.42. The average Bonchev–Trinajstić information content (AvgIpc) is 2.69. The number of rotatable bonds is 5. The minimum atomic E-state index is -0.649. The van der Waals surface area contributed by atoms with Gasteiger partial charge in [0.05, 0.1) is 16.6 Å². The molecule has 1 amide bonds. The first-order valence-electron chi connectivity index (χ1n) is 7.99. The van der Waals surface area contributed by atoms with E-state index in [-0.39, 0.29) is 16.3 Å². The molecule has 0 radical (unpaired) electrons. The molecule has 0 fully saturated rings. The second kappa shape index (κ2) is 8.20. The summed E-state index contributed by atoms with van der Waals surface area (Å²) in [5.41, 5.74) is 0.437. The van der Waals surface area contributed by atoms with Gasteiger partial charge in [0.15, 0.2) is 0 Å². The predicted octanol–water partition coefficient (Wildman–Crippen LogP) is 5.16. The molecular weight excluding hydrogens is 382 g/mol.